The van der Waals surface area contributed by atoms with E-state index in [-0.39, 0.29) is 5.69 Å². The summed E-state index contributed by atoms with van der Waals surface area (Å²) in [7, 11) is 0. The van der Waals surface area contributed by atoms with Crippen LogP contribution in [0, 0.1) is 10.1 Å². The van der Waals surface area contributed by atoms with Crippen LogP contribution < -0.4 is 0 Å². The Morgan fingerprint density at radius 1 is 1.43 bits per heavy atom. The van der Waals surface area contributed by atoms with E-state index in [0.717, 1.165) is 17.4 Å². The molecule has 1 aliphatic heterocycles. The second kappa shape index (κ2) is 7.69. The van der Waals surface area contributed by atoms with E-state index in [4.69, 9.17) is 17.0 Å². The normalized spacial score (nSPS) is 16.5. The van der Waals surface area contributed by atoms with Crippen molar-refractivity contribution in [1.82, 2.24) is 4.90 Å². The van der Waals surface area contributed by atoms with Crippen molar-refractivity contribution >= 4 is 34.0 Å². The van der Waals surface area contributed by atoms with Gasteiger partial charge in [-0.3, -0.25) is 10.1 Å². The minimum absolute atomic E-state index is 0.0161. The van der Waals surface area contributed by atoms with E-state index in [1.54, 1.807) is 12.1 Å². The number of hydrogen-bond donors (Lipinski definition) is 1. The number of thiocarbonyl (C=S) groups is 1. The maximum Gasteiger partial charge on any atom is 0.269 e. The third-order valence-electron chi connectivity index (χ3n) is 3.12. The summed E-state index contributed by atoms with van der Waals surface area (Å²) in [5.41, 5.74) is 0.667. The van der Waals surface area contributed by atoms with E-state index in [1.807, 2.05) is 0 Å². The molecule has 1 N–H and O–H groups in total. The van der Waals surface area contributed by atoms with Crippen molar-refractivity contribution < 1.29 is 14.8 Å². The van der Waals surface area contributed by atoms with Gasteiger partial charge in [-0.1, -0.05) is 24.0 Å². The number of thioether (sulfide) groups is 1. The van der Waals surface area contributed by atoms with Crippen LogP contribution in [-0.4, -0.2) is 51.3 Å². The molecular weight excluding hydrogens is 312 g/mol. The monoisotopic (exact) mass is 328 g/mol. The second-order valence-electron chi connectivity index (χ2n) is 4.54. The third kappa shape index (κ3) is 4.63. The smallest absolute Gasteiger partial charge is 0.269 e. The molecule has 0 unspecified atom stereocenters. The number of ether oxygens (including phenoxy) is 1. The first-order chi connectivity index (χ1) is 10.1. The summed E-state index contributed by atoms with van der Waals surface area (Å²) >= 11 is 6.74. The van der Waals surface area contributed by atoms with Crippen molar-refractivity contribution in [2.45, 2.75) is 6.10 Å². The number of rotatable bonds is 4. The van der Waals surface area contributed by atoms with Crippen LogP contribution in [0.2, 0.25) is 0 Å². The Balaban J connectivity index is 1.84. The van der Waals surface area contributed by atoms with Crippen LogP contribution in [0.15, 0.2) is 24.3 Å². The van der Waals surface area contributed by atoms with Gasteiger partial charge in [0.25, 0.3) is 5.69 Å². The Bertz CT molecular complexity index is 503. The van der Waals surface area contributed by atoms with Gasteiger partial charge < -0.3 is 14.7 Å². The fourth-order valence-corrected chi connectivity index (χ4v) is 3.15. The van der Waals surface area contributed by atoms with E-state index in [1.165, 1.54) is 23.9 Å². The number of nitrogens with zero attached hydrogens (tertiary/aromatic N) is 2. The van der Waals surface area contributed by atoms with E-state index in [9.17, 15) is 15.2 Å². The van der Waals surface area contributed by atoms with Gasteiger partial charge in [-0.2, -0.15) is 0 Å². The molecule has 1 aromatic rings. The van der Waals surface area contributed by atoms with Gasteiger partial charge in [0.05, 0.1) is 24.2 Å². The molecule has 0 spiro atoms. The molecule has 1 saturated heterocycles. The van der Waals surface area contributed by atoms with Crippen molar-refractivity contribution in [3.8, 4) is 0 Å². The number of non-ortho nitro benzene ring substituents is 1. The quantitative estimate of drug-likeness (QED) is 0.514. The molecule has 114 valence electrons. The van der Waals surface area contributed by atoms with Crippen molar-refractivity contribution in [2.24, 2.45) is 0 Å². The zero-order valence-corrected chi connectivity index (χ0v) is 12.9. The average molecular weight is 328 g/mol. The van der Waals surface area contributed by atoms with Crippen molar-refractivity contribution in [3.63, 3.8) is 0 Å². The molecule has 1 aromatic carbocycles. The third-order valence-corrected chi connectivity index (χ3v) is 4.72. The molecule has 0 amide bonds. The van der Waals surface area contributed by atoms with Gasteiger partial charge in [0.2, 0.25) is 0 Å². The Morgan fingerprint density at radius 3 is 2.62 bits per heavy atom. The standard InChI is InChI=1S/C13H16N2O4S2/c16-12(10-1-3-11(4-2-10)15(17)18)9-21-13(20)14-5-7-19-8-6-14/h1-4,12,16H,5-9H2/t12-/m0/s1. The first-order valence-electron chi connectivity index (χ1n) is 6.50. The highest BCUT2D eigenvalue weighted by Crippen LogP contribution is 2.23. The molecule has 1 fully saturated rings. The Kier molecular flexibility index (Phi) is 5.92. The summed E-state index contributed by atoms with van der Waals surface area (Å²) in [6, 6.07) is 5.93. The fraction of sp³-hybridized carbons (Fsp3) is 0.462. The highest BCUT2D eigenvalue weighted by molar-refractivity contribution is 8.22. The number of nitro benzene ring substituents is 1. The molecule has 0 aromatic heterocycles. The summed E-state index contributed by atoms with van der Waals surface area (Å²) in [5, 5.41) is 20.7. The lowest BCUT2D eigenvalue weighted by Crippen LogP contribution is -2.38. The molecule has 21 heavy (non-hydrogen) atoms. The zero-order valence-electron chi connectivity index (χ0n) is 11.3. The SMILES string of the molecule is O=[N+]([O-])c1ccc([C@@H](O)CSC(=S)N2CCOCC2)cc1. The maximum absolute atomic E-state index is 10.6. The Labute approximate surface area is 132 Å². The van der Waals surface area contributed by atoms with Gasteiger partial charge in [-0.05, 0) is 17.7 Å². The fourth-order valence-electron chi connectivity index (χ4n) is 1.90. The van der Waals surface area contributed by atoms with Gasteiger partial charge in [-0.25, -0.2) is 0 Å². The second-order valence-corrected chi connectivity index (χ2v) is 6.19. The van der Waals surface area contributed by atoms with Crippen LogP contribution in [0.25, 0.3) is 0 Å². The topological polar surface area (TPSA) is 75.8 Å². The molecule has 2 rings (SSSR count). The van der Waals surface area contributed by atoms with Crippen LogP contribution in [0.5, 0.6) is 0 Å². The molecule has 0 saturated carbocycles. The van der Waals surface area contributed by atoms with Gasteiger partial charge in [0, 0.05) is 31.0 Å². The predicted molar refractivity (Wildman–Crippen MR) is 85.5 cm³/mol. The molecule has 0 radical (unpaired) electrons. The number of morpholine rings is 1. The molecule has 0 bridgehead atoms. The molecule has 6 nitrogen and oxygen atoms in total. The lowest BCUT2D eigenvalue weighted by Gasteiger charge is -2.28. The zero-order chi connectivity index (χ0) is 15.2. The molecular formula is C13H16N2O4S2. The van der Waals surface area contributed by atoms with E-state index in [0.29, 0.717) is 24.5 Å². The number of aliphatic hydroxyl groups is 1. The molecule has 8 heteroatoms. The molecule has 1 aliphatic rings. The number of aliphatic hydroxyl groups excluding tert-OH is 1. The highest BCUT2D eigenvalue weighted by atomic mass is 32.2. The summed E-state index contributed by atoms with van der Waals surface area (Å²) in [6.07, 6.45) is -0.699. The number of hydrogen-bond acceptors (Lipinski definition) is 6. The minimum atomic E-state index is -0.699. The van der Waals surface area contributed by atoms with Gasteiger partial charge in [0.1, 0.15) is 4.32 Å². The average Bonchev–Trinajstić information content (AvgIpc) is 2.53. The summed E-state index contributed by atoms with van der Waals surface area (Å²) in [5.74, 6) is 0.425. The summed E-state index contributed by atoms with van der Waals surface area (Å²) < 4.78 is 6.01. The first kappa shape index (κ1) is 16.2. The van der Waals surface area contributed by atoms with Crippen molar-refractivity contribution in [1.29, 1.82) is 0 Å². The lowest BCUT2D eigenvalue weighted by atomic mass is 10.1. The first-order valence-corrected chi connectivity index (χ1v) is 7.89. The van der Waals surface area contributed by atoms with Gasteiger partial charge >= 0.3 is 0 Å². The maximum atomic E-state index is 10.6. The van der Waals surface area contributed by atoms with Crippen LogP contribution in [-0.2, 0) is 4.74 Å². The van der Waals surface area contributed by atoms with Crippen molar-refractivity contribution in [3.05, 3.63) is 39.9 Å². The largest absolute Gasteiger partial charge is 0.388 e. The molecule has 0 aliphatic carbocycles. The van der Waals surface area contributed by atoms with Crippen LogP contribution in [0.4, 0.5) is 5.69 Å². The van der Waals surface area contributed by atoms with Gasteiger partial charge in [-0.15, -0.1) is 0 Å². The summed E-state index contributed by atoms with van der Waals surface area (Å²) in [6.45, 7) is 2.90. The van der Waals surface area contributed by atoms with Crippen LogP contribution in [0.1, 0.15) is 11.7 Å². The minimum Gasteiger partial charge on any atom is -0.388 e. The Hall–Kier alpha value is -1.22. The van der Waals surface area contributed by atoms with Crippen LogP contribution in [0.3, 0.4) is 0 Å². The van der Waals surface area contributed by atoms with E-state index >= 15 is 0 Å². The van der Waals surface area contributed by atoms with E-state index < -0.39 is 11.0 Å². The van der Waals surface area contributed by atoms with Crippen LogP contribution >= 0.6 is 24.0 Å². The van der Waals surface area contributed by atoms with E-state index in [2.05, 4.69) is 4.90 Å². The van der Waals surface area contributed by atoms with Gasteiger partial charge in [0.15, 0.2) is 0 Å². The highest BCUT2D eigenvalue weighted by Gasteiger charge is 2.16. The Morgan fingerprint density at radius 2 is 2.05 bits per heavy atom. The summed E-state index contributed by atoms with van der Waals surface area (Å²) in [4.78, 5) is 12.2. The molecule has 1 atom stereocenters. The van der Waals surface area contributed by atoms with Crippen molar-refractivity contribution in [2.75, 3.05) is 32.1 Å². The number of benzene rings is 1. The molecule has 1 heterocycles. The predicted octanol–water partition coefficient (Wildman–Crippen LogP) is 1.98. The lowest BCUT2D eigenvalue weighted by molar-refractivity contribution is -0.384. The number of nitro groups is 1.